The maximum atomic E-state index is 15.2. The van der Waals surface area contributed by atoms with Crippen LogP contribution in [0.4, 0.5) is 59.7 Å². The van der Waals surface area contributed by atoms with E-state index in [4.69, 9.17) is 23.2 Å². The fourth-order valence-corrected chi connectivity index (χ4v) is 9.30. The van der Waals surface area contributed by atoms with Gasteiger partial charge in [-0.2, -0.15) is 26.3 Å². The number of fused-ring (bicyclic) bond motifs is 4. The molecule has 7 rings (SSSR count). The molecule has 0 spiro atoms. The summed E-state index contributed by atoms with van der Waals surface area (Å²) in [5.41, 5.74) is -7.36. The zero-order chi connectivity index (χ0) is 40.6. The second kappa shape index (κ2) is 12.4. The molecule has 0 aromatic heterocycles. The molecule has 2 saturated heterocycles. The second-order valence-electron chi connectivity index (χ2n) is 13.2. The minimum Gasteiger partial charge on any atom is -0.508 e. The van der Waals surface area contributed by atoms with Crippen molar-refractivity contribution in [3.8, 4) is 5.75 Å². The van der Waals surface area contributed by atoms with E-state index in [1.165, 1.54) is 12.1 Å². The number of hydrogen-bond donors (Lipinski definition) is 1. The van der Waals surface area contributed by atoms with E-state index >= 15 is 8.78 Å². The van der Waals surface area contributed by atoms with Crippen LogP contribution >= 0.6 is 39.1 Å². The first-order valence-electron chi connectivity index (χ1n) is 15.5. The van der Waals surface area contributed by atoms with Crippen molar-refractivity contribution in [2.24, 2.45) is 17.8 Å². The highest BCUT2D eigenvalue weighted by Crippen LogP contribution is 2.67. The van der Waals surface area contributed by atoms with Crippen molar-refractivity contribution in [1.29, 1.82) is 0 Å². The number of nitrogens with zero attached hydrogens (tertiary/aromatic N) is 2. The highest BCUT2D eigenvalue weighted by molar-refractivity contribution is 9.10. The van der Waals surface area contributed by atoms with Gasteiger partial charge in [-0.05, 0) is 55.2 Å². The first-order valence-corrected chi connectivity index (χ1v) is 17.1. The summed E-state index contributed by atoms with van der Waals surface area (Å²) in [6.45, 7) is 0. The van der Waals surface area contributed by atoms with Gasteiger partial charge in [-0.1, -0.05) is 27.6 Å². The molecular weight excluding hydrogens is 876 g/mol. The molecule has 0 bridgehead atoms. The number of carbonyl (C=O) groups excluding carboxylic acids is 4. The molecule has 6 unspecified atom stereocenters. The van der Waals surface area contributed by atoms with Crippen LogP contribution in [0.25, 0.3) is 0 Å². The number of imide groups is 2. The fraction of sp³-hybridized carbons (Fsp3) is 0.294. The molecule has 1 saturated carbocycles. The van der Waals surface area contributed by atoms with Gasteiger partial charge in [0.25, 0.3) is 11.8 Å². The van der Waals surface area contributed by atoms with E-state index in [0.717, 1.165) is 12.1 Å². The molecule has 7 nitrogen and oxygen atoms in total. The number of alkyl halides is 8. The second-order valence-corrected chi connectivity index (χ2v) is 15.3. The molecule has 2 aliphatic carbocycles. The minimum atomic E-state index is -5.38. The number of phenolic OH excluding ortho intramolecular Hbond substituents is 1. The molecule has 21 heteroatoms. The summed E-state index contributed by atoms with van der Waals surface area (Å²) in [6.07, 6.45) is -11.0. The summed E-state index contributed by atoms with van der Waals surface area (Å²) >= 11 is 17.1. The third kappa shape index (κ3) is 5.34. The summed E-state index contributed by atoms with van der Waals surface area (Å²) in [4.78, 5) is 50.2. The fourth-order valence-electron chi connectivity index (χ4n) is 7.99. The van der Waals surface area contributed by atoms with Crippen molar-refractivity contribution in [3.63, 3.8) is 0 Å². The van der Waals surface area contributed by atoms with E-state index < -0.39 is 144 Å². The largest absolute Gasteiger partial charge is 0.508 e. The number of benzene rings is 3. The zero-order valence-corrected chi connectivity index (χ0v) is 29.6. The molecule has 3 fully saturated rings. The Morgan fingerprint density at radius 3 is 1.82 bits per heavy atom. The van der Waals surface area contributed by atoms with Crippen LogP contribution < -0.4 is 9.80 Å². The molecule has 4 aliphatic rings. The lowest BCUT2D eigenvalue weighted by Gasteiger charge is -2.50. The summed E-state index contributed by atoms with van der Waals surface area (Å²) in [7, 11) is 0. The van der Waals surface area contributed by atoms with Crippen molar-refractivity contribution >= 4 is 74.1 Å². The van der Waals surface area contributed by atoms with Gasteiger partial charge in [0.1, 0.15) is 11.4 Å². The molecule has 2 aliphatic heterocycles. The molecule has 4 amide bonds. The van der Waals surface area contributed by atoms with Crippen LogP contribution in [0, 0.1) is 46.8 Å². The highest BCUT2D eigenvalue weighted by atomic mass is 79.9. The van der Waals surface area contributed by atoms with Crippen LogP contribution in [0.2, 0.25) is 0 Å². The summed E-state index contributed by atoms with van der Waals surface area (Å²) < 4.78 is 156. The number of anilines is 2. The number of halogens is 14. The lowest BCUT2D eigenvalue weighted by molar-refractivity contribution is -0.143. The van der Waals surface area contributed by atoms with Crippen molar-refractivity contribution in [2.75, 3.05) is 9.80 Å². The van der Waals surface area contributed by atoms with Gasteiger partial charge in [0.2, 0.25) is 17.6 Å². The quantitative estimate of drug-likeness (QED) is 0.0710. The lowest BCUT2D eigenvalue weighted by atomic mass is 9.56. The normalized spacial score (nSPS) is 28.1. The van der Waals surface area contributed by atoms with Crippen LogP contribution in [-0.4, -0.2) is 38.5 Å². The molecule has 6 atom stereocenters. The van der Waals surface area contributed by atoms with Crippen LogP contribution in [0.3, 0.4) is 0 Å². The first-order chi connectivity index (χ1) is 25.4. The number of rotatable bonds is 3. The average molecular weight is 892 g/mol. The smallest absolute Gasteiger partial charge is 0.416 e. The highest BCUT2D eigenvalue weighted by Gasteiger charge is 2.77. The number of allylic oxidation sites excluding steroid dienone is 2. The third-order valence-corrected chi connectivity index (χ3v) is 12.3. The summed E-state index contributed by atoms with van der Waals surface area (Å²) in [5.74, 6) is -26.8. The van der Waals surface area contributed by atoms with E-state index in [2.05, 4.69) is 15.9 Å². The maximum absolute atomic E-state index is 15.2. The molecule has 3 aromatic rings. The molecular formula is C34H16BrCl2F11N2O5. The Morgan fingerprint density at radius 2 is 1.27 bits per heavy atom. The van der Waals surface area contributed by atoms with Crippen LogP contribution in [0.1, 0.15) is 35.4 Å². The predicted molar refractivity (Wildman–Crippen MR) is 171 cm³/mol. The van der Waals surface area contributed by atoms with Gasteiger partial charge in [-0.25, -0.2) is 31.8 Å². The summed E-state index contributed by atoms with van der Waals surface area (Å²) in [5, 5.41) is 11.0. The van der Waals surface area contributed by atoms with E-state index in [-0.39, 0.29) is 38.7 Å². The Morgan fingerprint density at radius 1 is 0.727 bits per heavy atom. The van der Waals surface area contributed by atoms with E-state index in [9.17, 15) is 63.8 Å². The SMILES string of the molecule is O=C1C2CC=C3C(CC4(Cl)C(=O)N(c5c(F)c(F)c(F)c(F)c5F)C(=O)C4(Cl)C3c3cc(Br)ccc3O)C2C(=O)N1c1cc(C(F)(F)F)cc(C(F)(F)F)c1. The van der Waals surface area contributed by atoms with E-state index in [1.54, 1.807) is 0 Å². The third-order valence-electron chi connectivity index (χ3n) is 10.4. The number of amides is 4. The van der Waals surface area contributed by atoms with Gasteiger partial charge < -0.3 is 5.11 Å². The Hall–Kier alpha value is -4.23. The number of phenols is 1. The standard InChI is InChI=1S/C34H16BrCl2F11N2O5/c35-12-1-4-18(51)16(8-12)20-14-2-3-15-19(28(53)49(27(15)52)13-6-10(33(43,44)45)5-11(7-13)34(46,47)48)17(14)9-31(36)29(54)50(30(55)32(20,31)37)26-24(41)22(39)21(38)23(40)25(26)42/h1-2,4-8,15,17,19-20,51H,3,9H2. The Balaban J connectivity index is 1.42. The number of carbonyl (C=O) groups is 4. The van der Waals surface area contributed by atoms with Crippen molar-refractivity contribution in [2.45, 2.75) is 40.9 Å². The molecule has 2 heterocycles. The Bertz CT molecular complexity index is 2260. The van der Waals surface area contributed by atoms with Gasteiger partial charge >= 0.3 is 12.4 Å². The molecule has 0 radical (unpaired) electrons. The Labute approximate surface area is 318 Å². The lowest BCUT2D eigenvalue weighted by Crippen LogP contribution is -2.60. The van der Waals surface area contributed by atoms with Crippen LogP contribution in [0.5, 0.6) is 5.75 Å². The zero-order valence-electron chi connectivity index (χ0n) is 26.5. The van der Waals surface area contributed by atoms with Gasteiger partial charge in [-0.3, -0.25) is 19.2 Å². The van der Waals surface area contributed by atoms with E-state index in [1.807, 2.05) is 0 Å². The molecule has 55 heavy (non-hydrogen) atoms. The summed E-state index contributed by atoms with van der Waals surface area (Å²) in [6, 6.07) is 3.58. The monoisotopic (exact) mass is 890 g/mol. The maximum Gasteiger partial charge on any atom is 0.416 e. The predicted octanol–water partition coefficient (Wildman–Crippen LogP) is 8.66. The Kier molecular flexibility index (Phi) is 8.79. The topological polar surface area (TPSA) is 95.0 Å². The minimum absolute atomic E-state index is 0.106. The van der Waals surface area contributed by atoms with Gasteiger partial charge in [0.15, 0.2) is 33.0 Å². The van der Waals surface area contributed by atoms with Crippen LogP contribution in [-0.2, 0) is 31.5 Å². The average Bonchev–Trinajstić information content (AvgIpc) is 3.44. The van der Waals surface area contributed by atoms with Gasteiger partial charge in [0, 0.05) is 16.0 Å². The number of aromatic hydroxyl groups is 1. The molecule has 3 aromatic carbocycles. The van der Waals surface area contributed by atoms with Gasteiger partial charge in [-0.15, -0.1) is 23.2 Å². The molecule has 1 N–H and O–H groups in total. The van der Waals surface area contributed by atoms with Gasteiger partial charge in [0.05, 0.1) is 28.7 Å². The van der Waals surface area contributed by atoms with Crippen molar-refractivity contribution < 1.29 is 72.6 Å². The van der Waals surface area contributed by atoms with Crippen LogP contribution in [0.15, 0.2) is 52.5 Å². The number of hydrogen-bond acceptors (Lipinski definition) is 5. The van der Waals surface area contributed by atoms with E-state index in [0.29, 0.717) is 0 Å². The van der Waals surface area contributed by atoms with Crippen molar-refractivity contribution in [3.05, 3.63) is 98.3 Å². The first kappa shape index (κ1) is 39.0. The van der Waals surface area contributed by atoms with Crippen molar-refractivity contribution in [1.82, 2.24) is 0 Å². The molecule has 290 valence electrons.